The molecule has 2 aliphatic carbocycles. The quantitative estimate of drug-likeness (QED) is 0.198. The zero-order valence-corrected chi connectivity index (χ0v) is 25.3. The monoisotopic (exact) mass is 589 g/mol. The van der Waals surface area contributed by atoms with Crippen molar-refractivity contribution in [1.82, 2.24) is 0 Å². The second-order valence-electron chi connectivity index (χ2n) is 12.1. The molecule has 0 saturated carbocycles. The molecule has 1 spiro atoms. The number of nitrogens with zero attached hydrogens (tertiary/aromatic N) is 1. The maximum absolute atomic E-state index is 2.45. The molecule has 1 nitrogen and oxygen atoms in total. The van der Waals surface area contributed by atoms with E-state index in [1.54, 1.807) is 0 Å². The third-order valence-corrected chi connectivity index (χ3v) is 11.1. The van der Waals surface area contributed by atoms with Gasteiger partial charge in [-0.05, 0) is 86.6 Å². The Morgan fingerprint density at radius 2 is 1.02 bits per heavy atom. The molecular formula is C43H27NS. The lowest BCUT2D eigenvalue weighted by molar-refractivity contribution is 0.811. The van der Waals surface area contributed by atoms with E-state index in [4.69, 9.17) is 0 Å². The fraction of sp³-hybridized carbons (Fsp3) is 0.0233. The molecule has 0 N–H and O–H groups in total. The minimum absolute atomic E-state index is 0.333. The van der Waals surface area contributed by atoms with E-state index in [-0.39, 0.29) is 5.41 Å². The first kappa shape index (κ1) is 24.9. The average Bonchev–Trinajstić information content (AvgIpc) is 3.72. The van der Waals surface area contributed by atoms with Crippen LogP contribution in [0.2, 0.25) is 0 Å². The van der Waals surface area contributed by atoms with Crippen LogP contribution in [0.3, 0.4) is 0 Å². The van der Waals surface area contributed by atoms with E-state index in [0.29, 0.717) is 0 Å². The number of benzene rings is 7. The molecule has 0 amide bonds. The summed E-state index contributed by atoms with van der Waals surface area (Å²) in [6.07, 6.45) is 0. The first-order valence-corrected chi connectivity index (χ1v) is 16.3. The van der Waals surface area contributed by atoms with Crippen LogP contribution in [-0.2, 0) is 5.41 Å². The Hall–Kier alpha value is -5.44. The van der Waals surface area contributed by atoms with Gasteiger partial charge in [-0.1, -0.05) is 121 Å². The Balaban J connectivity index is 1.28. The van der Waals surface area contributed by atoms with Gasteiger partial charge in [0, 0.05) is 37.6 Å². The molecule has 8 aromatic rings. The van der Waals surface area contributed by atoms with Crippen molar-refractivity contribution in [1.29, 1.82) is 0 Å². The van der Waals surface area contributed by atoms with Gasteiger partial charge in [0.05, 0.1) is 5.41 Å². The van der Waals surface area contributed by atoms with Gasteiger partial charge >= 0.3 is 0 Å². The molecule has 210 valence electrons. The van der Waals surface area contributed by atoms with Gasteiger partial charge in [0.1, 0.15) is 0 Å². The van der Waals surface area contributed by atoms with Crippen LogP contribution in [0.15, 0.2) is 164 Å². The summed E-state index contributed by atoms with van der Waals surface area (Å²) < 4.78 is 1.34. The molecule has 0 atom stereocenters. The maximum Gasteiger partial charge on any atom is 0.0819 e. The predicted molar refractivity (Wildman–Crippen MR) is 190 cm³/mol. The summed E-state index contributed by atoms with van der Waals surface area (Å²) in [6, 6.07) is 60.4. The van der Waals surface area contributed by atoms with E-state index in [9.17, 15) is 0 Å². The zero-order valence-electron chi connectivity index (χ0n) is 24.4. The van der Waals surface area contributed by atoms with E-state index in [2.05, 4.69) is 169 Å². The predicted octanol–water partition coefficient (Wildman–Crippen LogP) is 11.9. The molecule has 0 bridgehead atoms. The average molecular weight is 590 g/mol. The second-order valence-corrected chi connectivity index (χ2v) is 13.1. The van der Waals surface area contributed by atoms with Crippen molar-refractivity contribution >= 4 is 49.3 Å². The summed E-state index contributed by atoms with van der Waals surface area (Å²) in [5.41, 5.74) is 12.7. The molecule has 0 aliphatic heterocycles. The number of fused-ring (bicyclic) bond motifs is 13. The van der Waals surface area contributed by atoms with Gasteiger partial charge in [0.15, 0.2) is 0 Å². The normalized spacial score (nSPS) is 13.5. The van der Waals surface area contributed by atoms with Crippen LogP contribution in [0.4, 0.5) is 17.1 Å². The number of hydrogen-bond donors (Lipinski definition) is 0. The number of anilines is 3. The maximum atomic E-state index is 2.45. The highest BCUT2D eigenvalue weighted by molar-refractivity contribution is 7.20. The van der Waals surface area contributed by atoms with E-state index in [1.165, 1.54) is 64.7 Å². The van der Waals surface area contributed by atoms with Crippen molar-refractivity contribution in [2.24, 2.45) is 0 Å². The van der Waals surface area contributed by atoms with Crippen molar-refractivity contribution in [3.05, 3.63) is 185 Å². The van der Waals surface area contributed by atoms with Gasteiger partial charge in [-0.15, -0.1) is 11.3 Å². The zero-order chi connectivity index (χ0) is 29.5. The summed E-state index contributed by atoms with van der Waals surface area (Å²) >= 11 is 1.96. The van der Waals surface area contributed by atoms with Crippen LogP contribution in [-0.4, -0.2) is 0 Å². The van der Waals surface area contributed by atoms with Gasteiger partial charge < -0.3 is 4.90 Å². The molecule has 7 aromatic carbocycles. The standard InChI is InChI=1S/C43H27NS/c1-2-14-30(15-3-1)44(31-23-22-28-12-4-5-13-29(28)26-31)32-24-25-39-36(27-32)41-35-18-8-11-21-40(35)45-42(41)43(39)37-19-9-6-16-33(37)34-17-7-10-20-38(34)43/h1-27H. The van der Waals surface area contributed by atoms with Gasteiger partial charge in [-0.2, -0.15) is 0 Å². The molecule has 2 heteroatoms. The Morgan fingerprint density at radius 1 is 0.422 bits per heavy atom. The van der Waals surface area contributed by atoms with E-state index < -0.39 is 0 Å². The third-order valence-electron chi connectivity index (χ3n) is 9.83. The lowest BCUT2D eigenvalue weighted by atomic mass is 9.74. The highest BCUT2D eigenvalue weighted by atomic mass is 32.1. The Bertz CT molecular complexity index is 2410. The smallest absolute Gasteiger partial charge is 0.0819 e. The lowest BCUT2D eigenvalue weighted by Crippen LogP contribution is -2.25. The minimum atomic E-state index is -0.333. The third kappa shape index (κ3) is 3.32. The Morgan fingerprint density at radius 3 is 1.82 bits per heavy atom. The van der Waals surface area contributed by atoms with Crippen molar-refractivity contribution in [3.63, 3.8) is 0 Å². The van der Waals surface area contributed by atoms with Crippen LogP contribution in [0.1, 0.15) is 21.6 Å². The highest BCUT2D eigenvalue weighted by Gasteiger charge is 2.53. The summed E-state index contributed by atoms with van der Waals surface area (Å²) in [6.45, 7) is 0. The first-order chi connectivity index (χ1) is 22.3. The molecule has 0 unspecified atom stereocenters. The molecule has 10 rings (SSSR count). The Labute approximate surface area is 266 Å². The largest absolute Gasteiger partial charge is 0.310 e. The molecule has 45 heavy (non-hydrogen) atoms. The minimum Gasteiger partial charge on any atom is -0.310 e. The van der Waals surface area contributed by atoms with Crippen molar-refractivity contribution in [3.8, 4) is 22.3 Å². The summed E-state index contributed by atoms with van der Waals surface area (Å²) in [5.74, 6) is 0. The lowest BCUT2D eigenvalue weighted by Gasteiger charge is -2.30. The number of rotatable bonds is 3. The number of thiophene rings is 1. The molecular weight excluding hydrogens is 563 g/mol. The summed E-state index contributed by atoms with van der Waals surface area (Å²) in [7, 11) is 0. The fourth-order valence-electron chi connectivity index (χ4n) is 8.01. The van der Waals surface area contributed by atoms with Crippen molar-refractivity contribution in [2.75, 3.05) is 4.90 Å². The molecule has 1 heterocycles. The van der Waals surface area contributed by atoms with E-state index >= 15 is 0 Å². The van der Waals surface area contributed by atoms with Gasteiger partial charge in [0.25, 0.3) is 0 Å². The summed E-state index contributed by atoms with van der Waals surface area (Å²) in [5, 5.41) is 3.83. The molecule has 0 fully saturated rings. The van der Waals surface area contributed by atoms with Crippen LogP contribution in [0.5, 0.6) is 0 Å². The topological polar surface area (TPSA) is 3.24 Å². The van der Waals surface area contributed by atoms with Gasteiger partial charge in [0.2, 0.25) is 0 Å². The highest BCUT2D eigenvalue weighted by Crippen LogP contribution is 2.66. The van der Waals surface area contributed by atoms with Crippen molar-refractivity contribution < 1.29 is 0 Å². The van der Waals surface area contributed by atoms with Crippen molar-refractivity contribution in [2.45, 2.75) is 5.41 Å². The molecule has 0 saturated heterocycles. The fourth-order valence-corrected chi connectivity index (χ4v) is 9.47. The molecule has 1 aromatic heterocycles. The van der Waals surface area contributed by atoms with Crippen LogP contribution >= 0.6 is 11.3 Å². The van der Waals surface area contributed by atoms with E-state index in [1.807, 2.05) is 11.3 Å². The Kier molecular flexibility index (Phi) is 5.14. The van der Waals surface area contributed by atoms with Crippen LogP contribution in [0.25, 0.3) is 43.1 Å². The van der Waals surface area contributed by atoms with Crippen LogP contribution in [0, 0.1) is 0 Å². The van der Waals surface area contributed by atoms with Crippen LogP contribution < -0.4 is 4.90 Å². The van der Waals surface area contributed by atoms with E-state index in [0.717, 1.165) is 17.1 Å². The number of para-hydroxylation sites is 1. The summed E-state index contributed by atoms with van der Waals surface area (Å²) in [4.78, 5) is 3.84. The first-order valence-electron chi connectivity index (χ1n) is 15.5. The molecule has 0 radical (unpaired) electrons. The SMILES string of the molecule is c1ccc(N(c2ccc3c(c2)-c2c(sc4ccccc24)C32c3ccccc3-c3ccccc32)c2ccc3ccccc3c2)cc1. The second kappa shape index (κ2) is 9.28. The molecule has 2 aliphatic rings. The van der Waals surface area contributed by atoms with Gasteiger partial charge in [-0.3, -0.25) is 0 Å². The number of hydrogen-bond acceptors (Lipinski definition) is 2. The van der Waals surface area contributed by atoms with Gasteiger partial charge in [-0.25, -0.2) is 0 Å².